The molecule has 0 heterocycles. The molecule has 0 radical (unpaired) electrons. The first-order valence-corrected chi connectivity index (χ1v) is 8.44. The van der Waals surface area contributed by atoms with Gasteiger partial charge in [0, 0.05) is 18.3 Å². The third-order valence-corrected chi connectivity index (χ3v) is 4.11. The van der Waals surface area contributed by atoms with Crippen LogP contribution < -0.4 is 10.6 Å². The first-order chi connectivity index (χ1) is 12.0. The number of rotatable bonds is 7. The van der Waals surface area contributed by atoms with Crippen molar-refractivity contribution < 1.29 is 14.9 Å². The van der Waals surface area contributed by atoms with Gasteiger partial charge in [0.15, 0.2) is 6.54 Å². The lowest BCUT2D eigenvalue weighted by Crippen LogP contribution is -2.87. The molecule has 0 aromatic heterocycles. The van der Waals surface area contributed by atoms with Gasteiger partial charge >= 0.3 is 0 Å². The van der Waals surface area contributed by atoms with Crippen LogP contribution in [-0.2, 0) is 9.59 Å². The quantitative estimate of drug-likeness (QED) is 0.806. The van der Waals surface area contributed by atoms with E-state index in [2.05, 4.69) is 12.2 Å². The van der Waals surface area contributed by atoms with Crippen LogP contribution in [0.3, 0.4) is 0 Å². The second-order valence-corrected chi connectivity index (χ2v) is 6.30. The second-order valence-electron chi connectivity index (χ2n) is 6.30. The van der Waals surface area contributed by atoms with Crippen LogP contribution in [0.5, 0.6) is 0 Å². The SMILES string of the molecule is Cc1ccc(NC(=O)CN(C)C(=O)C[NH2+][C@H](C)c2ccccc2)cc1. The van der Waals surface area contributed by atoms with Gasteiger partial charge in [0.2, 0.25) is 5.91 Å². The van der Waals surface area contributed by atoms with E-state index < -0.39 is 0 Å². The van der Waals surface area contributed by atoms with Gasteiger partial charge in [-0.25, -0.2) is 0 Å². The molecule has 0 unspecified atom stereocenters. The highest BCUT2D eigenvalue weighted by Gasteiger charge is 2.16. The van der Waals surface area contributed by atoms with Crippen LogP contribution in [0.15, 0.2) is 54.6 Å². The first kappa shape index (κ1) is 18.7. The van der Waals surface area contributed by atoms with E-state index in [4.69, 9.17) is 0 Å². The molecular weight excluding hydrogens is 314 g/mol. The molecule has 0 aliphatic rings. The Morgan fingerprint density at radius 3 is 2.36 bits per heavy atom. The normalized spacial score (nSPS) is 11.6. The second kappa shape index (κ2) is 8.99. The Morgan fingerprint density at radius 1 is 1.08 bits per heavy atom. The van der Waals surface area contributed by atoms with Crippen molar-refractivity contribution in [2.24, 2.45) is 0 Å². The van der Waals surface area contributed by atoms with E-state index in [1.165, 1.54) is 10.5 Å². The number of nitrogens with zero attached hydrogens (tertiary/aromatic N) is 1. The number of quaternary nitrogens is 1. The Balaban J connectivity index is 1.77. The number of nitrogens with two attached hydrogens (primary N) is 1. The van der Waals surface area contributed by atoms with Gasteiger partial charge in [-0.3, -0.25) is 9.59 Å². The number of carbonyl (C=O) groups excluding carboxylic acids is 2. The summed E-state index contributed by atoms with van der Waals surface area (Å²) in [7, 11) is 1.65. The lowest BCUT2D eigenvalue weighted by Gasteiger charge is -2.17. The van der Waals surface area contributed by atoms with E-state index in [0.717, 1.165) is 11.3 Å². The number of likely N-dealkylation sites (N-methyl/N-ethyl adjacent to an activating group) is 1. The van der Waals surface area contributed by atoms with Gasteiger partial charge in [-0.1, -0.05) is 48.0 Å². The summed E-state index contributed by atoms with van der Waals surface area (Å²) in [5, 5.41) is 4.78. The largest absolute Gasteiger partial charge is 0.333 e. The van der Waals surface area contributed by atoms with E-state index in [-0.39, 0.29) is 24.4 Å². The molecule has 0 bridgehead atoms. The molecule has 0 saturated heterocycles. The minimum absolute atomic E-state index is 0.0419. The third-order valence-electron chi connectivity index (χ3n) is 4.11. The molecule has 5 heteroatoms. The molecule has 132 valence electrons. The van der Waals surface area contributed by atoms with E-state index in [0.29, 0.717) is 6.54 Å². The summed E-state index contributed by atoms with van der Waals surface area (Å²) in [6.07, 6.45) is 0. The molecule has 0 saturated carbocycles. The summed E-state index contributed by atoms with van der Waals surface area (Å²) in [6, 6.07) is 17.8. The Labute approximate surface area is 149 Å². The molecule has 25 heavy (non-hydrogen) atoms. The predicted octanol–water partition coefficient (Wildman–Crippen LogP) is 1.72. The fourth-order valence-corrected chi connectivity index (χ4v) is 2.47. The van der Waals surface area contributed by atoms with Crippen molar-refractivity contribution in [2.75, 3.05) is 25.5 Å². The molecular formula is C20H26N3O2+. The molecule has 2 amide bonds. The van der Waals surface area contributed by atoms with Crippen molar-refractivity contribution in [1.29, 1.82) is 0 Å². The average molecular weight is 340 g/mol. The maximum Gasteiger partial charge on any atom is 0.277 e. The molecule has 1 atom stereocenters. The van der Waals surface area contributed by atoms with Crippen LogP contribution in [0.1, 0.15) is 24.1 Å². The number of aryl methyl sites for hydroxylation is 1. The van der Waals surface area contributed by atoms with Crippen molar-refractivity contribution >= 4 is 17.5 Å². The lowest BCUT2D eigenvalue weighted by molar-refractivity contribution is -0.683. The molecule has 2 aromatic carbocycles. The van der Waals surface area contributed by atoms with Gasteiger partial charge in [0.1, 0.15) is 6.04 Å². The molecule has 5 nitrogen and oxygen atoms in total. The fourth-order valence-electron chi connectivity index (χ4n) is 2.47. The number of hydrogen-bond acceptors (Lipinski definition) is 2. The average Bonchev–Trinajstić information content (AvgIpc) is 2.62. The number of hydrogen-bond donors (Lipinski definition) is 2. The summed E-state index contributed by atoms with van der Waals surface area (Å²) >= 11 is 0. The minimum Gasteiger partial charge on any atom is -0.333 e. The van der Waals surface area contributed by atoms with Crippen LogP contribution >= 0.6 is 0 Å². The number of nitrogens with one attached hydrogen (secondary N) is 1. The number of amides is 2. The fraction of sp³-hybridized carbons (Fsp3) is 0.300. The van der Waals surface area contributed by atoms with Gasteiger partial charge in [-0.2, -0.15) is 0 Å². The van der Waals surface area contributed by atoms with Gasteiger partial charge < -0.3 is 15.5 Å². The van der Waals surface area contributed by atoms with Gasteiger partial charge in [0.05, 0.1) is 6.54 Å². The van der Waals surface area contributed by atoms with Gasteiger partial charge in [-0.05, 0) is 26.0 Å². The van der Waals surface area contributed by atoms with Crippen molar-refractivity contribution in [3.8, 4) is 0 Å². The summed E-state index contributed by atoms with van der Waals surface area (Å²) in [6.45, 7) is 4.41. The Kier molecular flexibility index (Phi) is 6.71. The summed E-state index contributed by atoms with van der Waals surface area (Å²) in [5.74, 6) is -0.266. The summed E-state index contributed by atoms with van der Waals surface area (Å²) in [4.78, 5) is 25.7. The van der Waals surface area contributed by atoms with E-state index >= 15 is 0 Å². The molecule has 0 aliphatic carbocycles. The highest BCUT2D eigenvalue weighted by Crippen LogP contribution is 2.08. The lowest BCUT2D eigenvalue weighted by atomic mass is 10.1. The zero-order valence-corrected chi connectivity index (χ0v) is 15.0. The Bertz CT molecular complexity index is 699. The van der Waals surface area contributed by atoms with Crippen molar-refractivity contribution in [3.63, 3.8) is 0 Å². The highest BCUT2D eigenvalue weighted by molar-refractivity contribution is 5.94. The molecule has 3 N–H and O–H groups in total. The molecule has 2 rings (SSSR count). The summed E-state index contributed by atoms with van der Waals surface area (Å²) in [5.41, 5.74) is 3.05. The molecule has 0 spiro atoms. The summed E-state index contributed by atoms with van der Waals surface area (Å²) < 4.78 is 0. The van der Waals surface area contributed by atoms with Gasteiger partial charge in [-0.15, -0.1) is 0 Å². The molecule has 0 aliphatic heterocycles. The zero-order chi connectivity index (χ0) is 18.2. The van der Waals surface area contributed by atoms with Crippen LogP contribution in [0.25, 0.3) is 0 Å². The van der Waals surface area contributed by atoms with Crippen molar-refractivity contribution in [3.05, 3.63) is 65.7 Å². The molecule has 2 aromatic rings. The van der Waals surface area contributed by atoms with Crippen LogP contribution in [-0.4, -0.2) is 36.9 Å². The Morgan fingerprint density at radius 2 is 1.72 bits per heavy atom. The first-order valence-electron chi connectivity index (χ1n) is 8.44. The van der Waals surface area contributed by atoms with Crippen molar-refractivity contribution in [1.82, 2.24) is 4.90 Å². The maximum atomic E-state index is 12.2. The van der Waals surface area contributed by atoms with Crippen LogP contribution in [0.4, 0.5) is 5.69 Å². The van der Waals surface area contributed by atoms with E-state index in [1.54, 1.807) is 7.05 Å². The zero-order valence-electron chi connectivity index (χ0n) is 15.0. The number of carbonyl (C=O) groups is 2. The third kappa shape index (κ3) is 6.04. The van der Waals surface area contributed by atoms with Crippen molar-refractivity contribution in [2.45, 2.75) is 19.9 Å². The Hall–Kier alpha value is -2.66. The molecule has 0 fully saturated rings. The maximum absolute atomic E-state index is 12.2. The topological polar surface area (TPSA) is 66.0 Å². The van der Waals surface area contributed by atoms with Crippen LogP contribution in [0, 0.1) is 6.92 Å². The van der Waals surface area contributed by atoms with Crippen LogP contribution in [0.2, 0.25) is 0 Å². The number of benzene rings is 2. The smallest absolute Gasteiger partial charge is 0.277 e. The highest BCUT2D eigenvalue weighted by atomic mass is 16.2. The monoisotopic (exact) mass is 340 g/mol. The van der Waals surface area contributed by atoms with Gasteiger partial charge in [0.25, 0.3) is 5.91 Å². The minimum atomic E-state index is -0.198. The predicted molar refractivity (Wildman–Crippen MR) is 99.1 cm³/mol. The van der Waals surface area contributed by atoms with E-state index in [9.17, 15) is 9.59 Å². The number of anilines is 1. The standard InChI is InChI=1S/C20H25N3O2/c1-15-9-11-18(12-10-15)22-19(24)14-23(3)20(25)13-21-16(2)17-7-5-4-6-8-17/h4-12,16,21H,13-14H2,1-3H3,(H,22,24)/p+1/t16-/m1/s1. The van der Waals surface area contributed by atoms with E-state index in [1.807, 2.05) is 66.8 Å².